The lowest BCUT2D eigenvalue weighted by atomic mass is 9.90. The Morgan fingerprint density at radius 2 is 1.81 bits per heavy atom. The van der Waals surface area contributed by atoms with Crippen molar-refractivity contribution in [3.8, 4) is 0 Å². The van der Waals surface area contributed by atoms with Crippen molar-refractivity contribution in [1.29, 1.82) is 0 Å². The van der Waals surface area contributed by atoms with Crippen LogP contribution in [0.4, 0.5) is 0 Å². The Morgan fingerprint density at radius 3 is 2.24 bits per heavy atom. The lowest BCUT2D eigenvalue weighted by Crippen LogP contribution is -2.66. The van der Waals surface area contributed by atoms with E-state index in [0.717, 1.165) is 45.6 Å². The van der Waals surface area contributed by atoms with Crippen LogP contribution < -0.4 is 11.1 Å². The molecular formula is C16H32N4O. The second kappa shape index (κ2) is 7.07. The fourth-order valence-electron chi connectivity index (χ4n) is 3.57. The fraction of sp³-hybridized carbons (Fsp3) is 0.938. The van der Waals surface area contributed by atoms with Crippen molar-refractivity contribution in [2.45, 2.75) is 51.6 Å². The molecule has 2 aliphatic rings. The molecule has 0 aromatic heterocycles. The summed E-state index contributed by atoms with van der Waals surface area (Å²) in [7, 11) is 0. The van der Waals surface area contributed by atoms with Gasteiger partial charge in [-0.3, -0.25) is 15.0 Å². The molecule has 0 aromatic carbocycles. The van der Waals surface area contributed by atoms with Gasteiger partial charge >= 0.3 is 0 Å². The number of primary amides is 1. The number of carbonyl (C=O) groups is 1. The summed E-state index contributed by atoms with van der Waals surface area (Å²) in [5.74, 6) is 0.251. The number of nitrogens with one attached hydrogen (secondary N) is 1. The van der Waals surface area contributed by atoms with Crippen molar-refractivity contribution in [1.82, 2.24) is 15.1 Å². The zero-order valence-corrected chi connectivity index (χ0v) is 13.9. The first-order valence-electron chi connectivity index (χ1n) is 8.50. The molecule has 21 heavy (non-hydrogen) atoms. The second-order valence-electron chi connectivity index (χ2n) is 7.03. The van der Waals surface area contributed by atoms with Crippen molar-refractivity contribution in [3.05, 3.63) is 0 Å². The summed E-state index contributed by atoms with van der Waals surface area (Å²) in [6.07, 6.45) is 3.46. The van der Waals surface area contributed by atoms with Gasteiger partial charge < -0.3 is 10.6 Å². The Morgan fingerprint density at radius 1 is 1.24 bits per heavy atom. The Balaban J connectivity index is 1.97. The van der Waals surface area contributed by atoms with Crippen molar-refractivity contribution in [2.75, 3.05) is 39.3 Å². The van der Waals surface area contributed by atoms with Crippen molar-refractivity contribution >= 4 is 5.91 Å². The maximum atomic E-state index is 12.2. The summed E-state index contributed by atoms with van der Waals surface area (Å²) >= 11 is 0. The van der Waals surface area contributed by atoms with E-state index < -0.39 is 5.54 Å². The molecule has 5 nitrogen and oxygen atoms in total. The zero-order chi connectivity index (χ0) is 15.5. The van der Waals surface area contributed by atoms with Gasteiger partial charge in [-0.1, -0.05) is 6.92 Å². The van der Waals surface area contributed by atoms with Gasteiger partial charge in [-0.25, -0.2) is 0 Å². The summed E-state index contributed by atoms with van der Waals surface area (Å²) in [5.41, 5.74) is 5.29. The van der Waals surface area contributed by atoms with Gasteiger partial charge in [0.15, 0.2) is 0 Å². The molecule has 1 atom stereocenters. The van der Waals surface area contributed by atoms with E-state index in [4.69, 9.17) is 5.73 Å². The molecule has 5 heteroatoms. The zero-order valence-electron chi connectivity index (χ0n) is 13.9. The third kappa shape index (κ3) is 4.18. The second-order valence-corrected chi connectivity index (χ2v) is 7.03. The Bertz CT molecular complexity index is 348. The van der Waals surface area contributed by atoms with Gasteiger partial charge in [0.2, 0.25) is 5.91 Å². The number of rotatable bonds is 8. The van der Waals surface area contributed by atoms with Crippen LogP contribution >= 0.6 is 0 Å². The van der Waals surface area contributed by atoms with Crippen molar-refractivity contribution in [2.24, 2.45) is 11.7 Å². The Hall–Kier alpha value is -0.650. The highest BCUT2D eigenvalue weighted by atomic mass is 16.1. The van der Waals surface area contributed by atoms with Gasteiger partial charge in [0, 0.05) is 38.8 Å². The summed E-state index contributed by atoms with van der Waals surface area (Å²) in [6.45, 7) is 12.7. The van der Waals surface area contributed by atoms with E-state index in [1.165, 1.54) is 13.0 Å². The smallest absolute Gasteiger partial charge is 0.239 e. The van der Waals surface area contributed by atoms with Gasteiger partial charge in [0.1, 0.15) is 5.54 Å². The lowest BCUT2D eigenvalue weighted by molar-refractivity contribution is -0.127. The Labute approximate surface area is 129 Å². The highest BCUT2D eigenvalue weighted by Crippen LogP contribution is 2.40. The highest BCUT2D eigenvalue weighted by molar-refractivity contribution is 5.86. The van der Waals surface area contributed by atoms with Crippen LogP contribution in [0, 0.1) is 5.92 Å². The fourth-order valence-corrected chi connectivity index (χ4v) is 3.57. The minimum atomic E-state index is -0.527. The molecule has 2 fully saturated rings. The summed E-state index contributed by atoms with van der Waals surface area (Å²) in [5, 5.41) is 3.51. The molecule has 1 unspecified atom stereocenters. The monoisotopic (exact) mass is 296 g/mol. The maximum Gasteiger partial charge on any atom is 0.239 e. The first kappa shape index (κ1) is 16.7. The van der Waals surface area contributed by atoms with Crippen LogP contribution in [0.5, 0.6) is 0 Å². The lowest BCUT2D eigenvalue weighted by Gasteiger charge is -2.42. The van der Waals surface area contributed by atoms with Crippen LogP contribution in [-0.2, 0) is 4.79 Å². The van der Waals surface area contributed by atoms with Gasteiger partial charge in [0.05, 0.1) is 0 Å². The predicted molar refractivity (Wildman–Crippen MR) is 86.1 cm³/mol. The molecule has 1 saturated heterocycles. The van der Waals surface area contributed by atoms with Gasteiger partial charge in [-0.15, -0.1) is 0 Å². The van der Waals surface area contributed by atoms with E-state index in [1.54, 1.807) is 0 Å². The van der Waals surface area contributed by atoms with E-state index in [2.05, 4.69) is 35.9 Å². The van der Waals surface area contributed by atoms with Crippen LogP contribution in [0.3, 0.4) is 0 Å². The average molecular weight is 296 g/mol. The van der Waals surface area contributed by atoms with E-state index in [9.17, 15) is 4.79 Å². The van der Waals surface area contributed by atoms with Gasteiger partial charge in [0.25, 0.3) is 0 Å². The molecular weight excluding hydrogens is 264 g/mol. The number of carbonyl (C=O) groups excluding carboxylic acids is 1. The quantitative estimate of drug-likeness (QED) is 0.690. The molecule has 1 aliphatic carbocycles. The molecule has 0 radical (unpaired) electrons. The number of piperazine rings is 1. The van der Waals surface area contributed by atoms with Crippen molar-refractivity contribution < 1.29 is 4.79 Å². The van der Waals surface area contributed by atoms with Gasteiger partial charge in [-0.05, 0) is 45.6 Å². The molecule has 1 heterocycles. The normalized spacial score (nSPS) is 24.2. The SMILES string of the molecule is CCCN1CCN(CC(NC(C)C)(C(N)=O)C2CC2)CC1. The predicted octanol–water partition coefficient (Wildman–Crippen LogP) is 0.646. The Kier molecular flexibility index (Phi) is 5.63. The molecule has 1 amide bonds. The first-order chi connectivity index (χ1) is 9.98. The molecule has 0 bridgehead atoms. The van der Waals surface area contributed by atoms with Crippen LogP contribution in [0.15, 0.2) is 0 Å². The van der Waals surface area contributed by atoms with Gasteiger partial charge in [-0.2, -0.15) is 0 Å². The molecule has 3 N–H and O–H groups in total. The van der Waals surface area contributed by atoms with E-state index in [-0.39, 0.29) is 11.9 Å². The van der Waals surface area contributed by atoms with Crippen LogP contribution in [-0.4, -0.2) is 66.6 Å². The van der Waals surface area contributed by atoms with Crippen LogP contribution in [0.1, 0.15) is 40.0 Å². The third-order valence-corrected chi connectivity index (χ3v) is 4.74. The van der Waals surface area contributed by atoms with Crippen LogP contribution in [0.2, 0.25) is 0 Å². The summed E-state index contributed by atoms with van der Waals surface area (Å²) < 4.78 is 0. The number of nitrogens with two attached hydrogens (primary N) is 1. The van der Waals surface area contributed by atoms with E-state index in [0.29, 0.717) is 5.92 Å². The molecule has 2 rings (SSSR count). The first-order valence-corrected chi connectivity index (χ1v) is 8.50. The average Bonchev–Trinajstić information content (AvgIpc) is 3.24. The molecule has 0 spiro atoms. The topological polar surface area (TPSA) is 61.6 Å². The third-order valence-electron chi connectivity index (χ3n) is 4.74. The number of amides is 1. The minimum absolute atomic E-state index is 0.172. The minimum Gasteiger partial charge on any atom is -0.368 e. The largest absolute Gasteiger partial charge is 0.368 e. The number of hydrogen-bond acceptors (Lipinski definition) is 4. The van der Waals surface area contributed by atoms with E-state index in [1.807, 2.05) is 0 Å². The molecule has 0 aromatic rings. The highest BCUT2D eigenvalue weighted by Gasteiger charge is 2.50. The molecule has 122 valence electrons. The summed E-state index contributed by atoms with van der Waals surface area (Å²) in [6, 6.07) is 0.277. The van der Waals surface area contributed by atoms with Crippen LogP contribution in [0.25, 0.3) is 0 Å². The molecule has 1 aliphatic heterocycles. The molecule has 1 saturated carbocycles. The number of nitrogens with zero attached hydrogens (tertiary/aromatic N) is 2. The van der Waals surface area contributed by atoms with E-state index >= 15 is 0 Å². The maximum absolute atomic E-state index is 12.2. The number of hydrogen-bond donors (Lipinski definition) is 2. The standard InChI is InChI=1S/C16H32N4O/c1-4-7-19-8-10-20(11-9-19)12-16(15(17)21,14-5-6-14)18-13(2)3/h13-14,18H,4-12H2,1-3H3,(H2,17,21). The summed E-state index contributed by atoms with van der Waals surface area (Å²) in [4.78, 5) is 17.1. The van der Waals surface area contributed by atoms with Crippen molar-refractivity contribution in [3.63, 3.8) is 0 Å².